The quantitative estimate of drug-likeness (QED) is 0.814. The molecule has 1 aliphatic carbocycles. The van der Waals surface area contributed by atoms with Gasteiger partial charge < -0.3 is 4.57 Å². The number of rotatable bonds is 3. The summed E-state index contributed by atoms with van der Waals surface area (Å²) < 4.78 is 3.22. The van der Waals surface area contributed by atoms with E-state index in [-0.39, 0.29) is 0 Å². The third kappa shape index (κ3) is 1.74. The number of nitrogens with zero attached hydrogens (tertiary/aromatic N) is 3. The van der Waals surface area contributed by atoms with Crippen molar-refractivity contribution in [3.05, 3.63) is 22.6 Å². The zero-order chi connectivity index (χ0) is 11.1. The summed E-state index contributed by atoms with van der Waals surface area (Å²) in [6, 6.07) is 2.61. The van der Waals surface area contributed by atoms with E-state index in [1.807, 2.05) is 12.3 Å². The van der Waals surface area contributed by atoms with Gasteiger partial charge in [0.1, 0.15) is 11.3 Å². The highest BCUT2D eigenvalue weighted by Crippen LogP contribution is 2.38. The fourth-order valence-corrected chi connectivity index (χ4v) is 2.47. The minimum absolute atomic E-state index is 0.594. The predicted octanol–water partition coefficient (Wildman–Crippen LogP) is 3.31. The number of aryl methyl sites for hydroxylation is 1. The lowest BCUT2D eigenvalue weighted by molar-refractivity contribution is 0.703. The molecular weight excluding hydrogens is 289 g/mol. The number of alkyl halides is 1. The summed E-state index contributed by atoms with van der Waals surface area (Å²) in [6.45, 7) is 0. The maximum atomic E-state index is 5.81. The molecule has 0 radical (unpaired) electrons. The van der Waals surface area contributed by atoms with Crippen molar-refractivity contribution in [1.82, 2.24) is 14.5 Å². The van der Waals surface area contributed by atoms with Crippen LogP contribution in [0.25, 0.3) is 11.2 Å². The van der Waals surface area contributed by atoms with Crippen LogP contribution in [-0.2, 0) is 6.42 Å². The lowest BCUT2D eigenvalue weighted by atomic mass is 10.4. The van der Waals surface area contributed by atoms with Gasteiger partial charge in [0.25, 0.3) is 0 Å². The number of imidazole rings is 1. The first-order valence-corrected chi connectivity index (χ1v) is 6.70. The van der Waals surface area contributed by atoms with Crippen LogP contribution in [0.1, 0.15) is 24.7 Å². The van der Waals surface area contributed by atoms with Crippen LogP contribution in [0.15, 0.2) is 16.7 Å². The maximum Gasteiger partial charge on any atom is 0.160 e. The normalized spacial score (nSPS) is 15.9. The van der Waals surface area contributed by atoms with Crippen LogP contribution in [0, 0.1) is 0 Å². The van der Waals surface area contributed by atoms with E-state index in [2.05, 4.69) is 30.5 Å². The molecule has 0 saturated heterocycles. The summed E-state index contributed by atoms with van der Waals surface area (Å²) in [4.78, 5) is 9.07. The van der Waals surface area contributed by atoms with E-state index in [4.69, 9.17) is 11.6 Å². The highest BCUT2D eigenvalue weighted by Gasteiger charge is 2.28. The monoisotopic (exact) mass is 299 g/mol. The van der Waals surface area contributed by atoms with Gasteiger partial charge in [0.2, 0.25) is 0 Å². The molecule has 1 saturated carbocycles. The molecule has 0 bridgehead atoms. The molecule has 0 atom stereocenters. The smallest absolute Gasteiger partial charge is 0.160 e. The van der Waals surface area contributed by atoms with Crippen molar-refractivity contribution in [1.29, 1.82) is 0 Å². The summed E-state index contributed by atoms with van der Waals surface area (Å²) in [5.74, 6) is 1.68. The molecule has 0 aliphatic heterocycles. The van der Waals surface area contributed by atoms with Crippen molar-refractivity contribution in [3.63, 3.8) is 0 Å². The minimum atomic E-state index is 0.594. The van der Waals surface area contributed by atoms with Crippen molar-refractivity contribution in [3.8, 4) is 0 Å². The molecule has 1 fully saturated rings. The molecule has 0 unspecified atom stereocenters. The van der Waals surface area contributed by atoms with E-state index in [1.165, 1.54) is 12.8 Å². The number of fused-ring (bicyclic) bond motifs is 1. The van der Waals surface area contributed by atoms with Crippen LogP contribution in [0.4, 0.5) is 0 Å². The minimum Gasteiger partial charge on any atom is -0.310 e. The number of hydrogen-bond acceptors (Lipinski definition) is 2. The van der Waals surface area contributed by atoms with Gasteiger partial charge in [-0.15, -0.1) is 11.6 Å². The summed E-state index contributed by atoms with van der Waals surface area (Å²) in [5, 5.41) is 0. The Morgan fingerprint density at radius 3 is 3.00 bits per heavy atom. The van der Waals surface area contributed by atoms with Gasteiger partial charge in [-0.1, -0.05) is 0 Å². The summed E-state index contributed by atoms with van der Waals surface area (Å²) in [5.41, 5.74) is 1.95. The van der Waals surface area contributed by atoms with Crippen LogP contribution >= 0.6 is 27.5 Å². The molecular formula is C11H11BrClN3. The van der Waals surface area contributed by atoms with Crippen molar-refractivity contribution >= 4 is 38.7 Å². The average Bonchev–Trinajstić information content (AvgIpc) is 3.02. The first kappa shape index (κ1) is 10.5. The van der Waals surface area contributed by atoms with Gasteiger partial charge >= 0.3 is 0 Å². The van der Waals surface area contributed by atoms with Gasteiger partial charge in [0, 0.05) is 29.0 Å². The molecule has 0 amide bonds. The van der Waals surface area contributed by atoms with Gasteiger partial charge in [0.15, 0.2) is 5.65 Å². The molecule has 2 aromatic heterocycles. The van der Waals surface area contributed by atoms with Crippen LogP contribution in [0.3, 0.4) is 0 Å². The Kier molecular flexibility index (Phi) is 2.64. The van der Waals surface area contributed by atoms with E-state index in [0.717, 1.165) is 27.9 Å². The SMILES string of the molecule is ClCCc1nc2cc(Br)cnc2n1C1CC1. The van der Waals surface area contributed by atoms with Crippen molar-refractivity contribution < 1.29 is 0 Å². The Morgan fingerprint density at radius 1 is 1.50 bits per heavy atom. The van der Waals surface area contributed by atoms with Crippen molar-refractivity contribution in [2.24, 2.45) is 0 Å². The molecule has 5 heteroatoms. The lowest BCUT2D eigenvalue weighted by Gasteiger charge is -2.04. The second-order valence-electron chi connectivity index (χ2n) is 4.06. The molecule has 0 spiro atoms. The van der Waals surface area contributed by atoms with E-state index >= 15 is 0 Å². The Bertz CT molecular complexity index is 533. The molecule has 3 rings (SSSR count). The summed E-state index contributed by atoms with van der Waals surface area (Å²) >= 11 is 9.23. The van der Waals surface area contributed by atoms with Crippen LogP contribution in [0.5, 0.6) is 0 Å². The molecule has 2 heterocycles. The van der Waals surface area contributed by atoms with Gasteiger partial charge in [-0.2, -0.15) is 0 Å². The van der Waals surface area contributed by atoms with Gasteiger partial charge in [-0.25, -0.2) is 9.97 Å². The average molecular weight is 301 g/mol. The third-order valence-electron chi connectivity index (χ3n) is 2.80. The standard InChI is InChI=1S/C11H11BrClN3/c12-7-5-9-11(14-6-7)16(8-1-2-8)10(15-9)3-4-13/h5-6,8H,1-4H2. The van der Waals surface area contributed by atoms with Gasteiger partial charge in [-0.05, 0) is 34.8 Å². The Labute approximate surface area is 107 Å². The van der Waals surface area contributed by atoms with E-state index in [9.17, 15) is 0 Å². The predicted molar refractivity (Wildman–Crippen MR) is 67.9 cm³/mol. The molecule has 2 aromatic rings. The molecule has 0 aromatic carbocycles. The highest BCUT2D eigenvalue weighted by atomic mass is 79.9. The van der Waals surface area contributed by atoms with Crippen molar-refractivity contribution in [2.75, 3.05) is 5.88 Å². The zero-order valence-electron chi connectivity index (χ0n) is 8.66. The Morgan fingerprint density at radius 2 is 2.31 bits per heavy atom. The number of halogens is 2. The first-order valence-electron chi connectivity index (χ1n) is 5.38. The lowest BCUT2D eigenvalue weighted by Crippen LogP contribution is -2.02. The molecule has 0 N–H and O–H groups in total. The molecule has 3 nitrogen and oxygen atoms in total. The summed E-state index contributed by atoms with van der Waals surface area (Å²) in [7, 11) is 0. The maximum absolute atomic E-state index is 5.81. The Balaban J connectivity index is 2.20. The zero-order valence-corrected chi connectivity index (χ0v) is 11.0. The number of aromatic nitrogens is 3. The fraction of sp³-hybridized carbons (Fsp3) is 0.455. The number of hydrogen-bond donors (Lipinski definition) is 0. The van der Waals surface area contributed by atoms with Gasteiger partial charge in [0.05, 0.1) is 0 Å². The Hall–Kier alpha value is -0.610. The van der Waals surface area contributed by atoms with Crippen LogP contribution < -0.4 is 0 Å². The highest BCUT2D eigenvalue weighted by molar-refractivity contribution is 9.10. The molecule has 84 valence electrons. The topological polar surface area (TPSA) is 30.7 Å². The van der Waals surface area contributed by atoms with E-state index in [1.54, 1.807) is 0 Å². The van der Waals surface area contributed by atoms with Crippen LogP contribution in [0.2, 0.25) is 0 Å². The molecule has 1 aliphatic rings. The first-order chi connectivity index (χ1) is 7.79. The largest absolute Gasteiger partial charge is 0.310 e. The van der Waals surface area contributed by atoms with Crippen molar-refractivity contribution in [2.45, 2.75) is 25.3 Å². The number of pyridine rings is 1. The van der Waals surface area contributed by atoms with E-state index in [0.29, 0.717) is 11.9 Å². The van der Waals surface area contributed by atoms with Gasteiger partial charge in [-0.3, -0.25) is 0 Å². The third-order valence-corrected chi connectivity index (χ3v) is 3.42. The molecule has 16 heavy (non-hydrogen) atoms. The second kappa shape index (κ2) is 4.00. The van der Waals surface area contributed by atoms with Crippen LogP contribution in [-0.4, -0.2) is 20.4 Å². The van der Waals surface area contributed by atoms with E-state index < -0.39 is 0 Å². The fourth-order valence-electron chi connectivity index (χ4n) is 1.98. The summed E-state index contributed by atoms with van der Waals surface area (Å²) in [6.07, 6.45) is 5.11. The second-order valence-corrected chi connectivity index (χ2v) is 5.36.